The van der Waals surface area contributed by atoms with Crippen LogP contribution in [-0.4, -0.2) is 12.6 Å². The molecule has 0 radical (unpaired) electrons. The fourth-order valence-corrected chi connectivity index (χ4v) is 3.26. The molecule has 3 rings (SSSR count). The summed E-state index contributed by atoms with van der Waals surface area (Å²) in [6, 6.07) is 15.2. The van der Waals surface area contributed by atoms with Gasteiger partial charge in [-0.3, -0.25) is 0 Å². The van der Waals surface area contributed by atoms with E-state index in [-0.39, 0.29) is 11.8 Å². The van der Waals surface area contributed by atoms with Crippen molar-refractivity contribution < 1.29 is 17.9 Å². The summed E-state index contributed by atoms with van der Waals surface area (Å²) in [6.45, 7) is 0.950. The third-order valence-electron chi connectivity index (χ3n) is 4.54. The van der Waals surface area contributed by atoms with Gasteiger partial charge in [-0.25, -0.2) is 0 Å². The highest BCUT2D eigenvalue weighted by atomic mass is 19.4. The Bertz CT molecular complexity index is 666. The molecular weight excluding hydrogens is 327 g/mol. The van der Waals surface area contributed by atoms with E-state index in [0.717, 1.165) is 37.4 Å². The van der Waals surface area contributed by atoms with E-state index in [1.54, 1.807) is 6.07 Å². The number of para-hydroxylation sites is 1. The van der Waals surface area contributed by atoms with Crippen LogP contribution in [0.15, 0.2) is 54.6 Å². The van der Waals surface area contributed by atoms with Gasteiger partial charge in [0.25, 0.3) is 0 Å². The standard InChI is InChI=1S/C20H22F3NO/c21-20(22,23)17-11-4-5-12-18(17)25-19(15-8-2-1-3-9-15)14-16-10-6-7-13-24-16/h1-5,8-9,11-12,16,19,24H,6-7,10,13-14H2. The first kappa shape index (κ1) is 17.8. The maximum Gasteiger partial charge on any atom is 0.419 e. The van der Waals surface area contributed by atoms with Gasteiger partial charge in [0.05, 0.1) is 5.56 Å². The summed E-state index contributed by atoms with van der Waals surface area (Å²) in [5.74, 6) is -0.111. The number of alkyl halides is 3. The van der Waals surface area contributed by atoms with Crippen molar-refractivity contribution in [3.8, 4) is 5.75 Å². The van der Waals surface area contributed by atoms with E-state index in [0.29, 0.717) is 6.42 Å². The maximum absolute atomic E-state index is 13.3. The van der Waals surface area contributed by atoms with Crippen LogP contribution in [0.2, 0.25) is 0 Å². The number of hydrogen-bond donors (Lipinski definition) is 1. The van der Waals surface area contributed by atoms with Crippen LogP contribution in [0.3, 0.4) is 0 Å². The van der Waals surface area contributed by atoms with Crippen molar-refractivity contribution in [1.82, 2.24) is 5.32 Å². The van der Waals surface area contributed by atoms with Crippen molar-refractivity contribution in [3.63, 3.8) is 0 Å². The smallest absolute Gasteiger partial charge is 0.419 e. The zero-order valence-corrected chi connectivity index (χ0v) is 13.9. The van der Waals surface area contributed by atoms with Gasteiger partial charge >= 0.3 is 6.18 Å². The number of halogens is 3. The van der Waals surface area contributed by atoms with Crippen molar-refractivity contribution in [1.29, 1.82) is 0 Å². The summed E-state index contributed by atoms with van der Waals surface area (Å²) in [5, 5.41) is 3.45. The highest BCUT2D eigenvalue weighted by Gasteiger charge is 2.35. The van der Waals surface area contributed by atoms with Gasteiger partial charge in [-0.05, 0) is 37.1 Å². The minimum atomic E-state index is -4.43. The van der Waals surface area contributed by atoms with E-state index in [2.05, 4.69) is 5.32 Å². The summed E-state index contributed by atoms with van der Waals surface area (Å²) >= 11 is 0. The number of ether oxygens (including phenoxy) is 1. The Morgan fingerprint density at radius 1 is 1.00 bits per heavy atom. The second-order valence-electron chi connectivity index (χ2n) is 6.39. The van der Waals surface area contributed by atoms with Crippen molar-refractivity contribution in [2.24, 2.45) is 0 Å². The van der Waals surface area contributed by atoms with Crippen molar-refractivity contribution in [3.05, 3.63) is 65.7 Å². The molecule has 0 aliphatic carbocycles. The molecule has 1 aliphatic heterocycles. The monoisotopic (exact) mass is 349 g/mol. The summed E-state index contributed by atoms with van der Waals surface area (Å²) in [7, 11) is 0. The average Bonchev–Trinajstić information content (AvgIpc) is 2.62. The van der Waals surface area contributed by atoms with E-state index in [9.17, 15) is 13.2 Å². The lowest BCUT2D eigenvalue weighted by Crippen LogP contribution is -2.36. The fourth-order valence-electron chi connectivity index (χ4n) is 3.26. The van der Waals surface area contributed by atoms with Crippen LogP contribution < -0.4 is 10.1 Å². The Hall–Kier alpha value is -2.01. The Balaban J connectivity index is 1.85. The van der Waals surface area contributed by atoms with E-state index in [1.807, 2.05) is 30.3 Å². The lowest BCUT2D eigenvalue weighted by Gasteiger charge is -2.29. The van der Waals surface area contributed by atoms with Gasteiger partial charge < -0.3 is 10.1 Å². The fraction of sp³-hybridized carbons (Fsp3) is 0.400. The molecule has 0 spiro atoms. The molecule has 25 heavy (non-hydrogen) atoms. The molecule has 2 atom stereocenters. The van der Waals surface area contributed by atoms with Crippen molar-refractivity contribution in [2.45, 2.75) is 44.0 Å². The molecule has 0 amide bonds. The Morgan fingerprint density at radius 3 is 2.40 bits per heavy atom. The molecular formula is C20H22F3NO. The quantitative estimate of drug-likeness (QED) is 0.785. The van der Waals surface area contributed by atoms with Gasteiger partial charge in [0.1, 0.15) is 11.9 Å². The second kappa shape index (κ2) is 7.91. The molecule has 2 unspecified atom stereocenters. The molecule has 0 aromatic heterocycles. The van der Waals surface area contributed by atoms with E-state index in [4.69, 9.17) is 4.74 Å². The molecule has 0 bridgehead atoms. The van der Waals surface area contributed by atoms with Crippen LogP contribution in [-0.2, 0) is 6.18 Å². The zero-order chi connectivity index (χ0) is 17.7. The summed E-state index contributed by atoms with van der Waals surface area (Å²) < 4.78 is 45.7. The Labute approximate surface area is 146 Å². The van der Waals surface area contributed by atoms with Crippen LogP contribution in [0.1, 0.15) is 42.9 Å². The van der Waals surface area contributed by atoms with Gasteiger partial charge in [0.15, 0.2) is 0 Å². The molecule has 1 N–H and O–H groups in total. The van der Waals surface area contributed by atoms with Crippen LogP contribution in [0.4, 0.5) is 13.2 Å². The number of piperidine rings is 1. The van der Waals surface area contributed by atoms with Crippen molar-refractivity contribution in [2.75, 3.05) is 6.54 Å². The highest BCUT2D eigenvalue weighted by Crippen LogP contribution is 2.38. The van der Waals surface area contributed by atoms with E-state index in [1.165, 1.54) is 12.1 Å². The topological polar surface area (TPSA) is 21.3 Å². The summed E-state index contributed by atoms with van der Waals surface area (Å²) in [6.07, 6.45) is -0.895. The van der Waals surface area contributed by atoms with Crippen LogP contribution in [0, 0.1) is 0 Å². The van der Waals surface area contributed by atoms with E-state index < -0.39 is 17.8 Å². The molecule has 1 fully saturated rings. The largest absolute Gasteiger partial charge is 0.485 e. The third-order valence-corrected chi connectivity index (χ3v) is 4.54. The predicted octanol–water partition coefficient (Wildman–Crippen LogP) is 5.36. The lowest BCUT2D eigenvalue weighted by molar-refractivity contribution is -0.139. The highest BCUT2D eigenvalue weighted by molar-refractivity contribution is 5.36. The second-order valence-corrected chi connectivity index (χ2v) is 6.39. The van der Waals surface area contributed by atoms with Crippen LogP contribution in [0.5, 0.6) is 5.75 Å². The summed E-state index contributed by atoms with van der Waals surface area (Å²) in [4.78, 5) is 0. The van der Waals surface area contributed by atoms with Crippen LogP contribution >= 0.6 is 0 Å². The SMILES string of the molecule is FC(F)(F)c1ccccc1OC(CC1CCCCN1)c1ccccc1. The number of benzene rings is 2. The minimum Gasteiger partial charge on any atom is -0.485 e. The van der Waals surface area contributed by atoms with Crippen molar-refractivity contribution >= 4 is 0 Å². The number of nitrogens with one attached hydrogen (secondary N) is 1. The van der Waals surface area contributed by atoms with Gasteiger partial charge in [-0.15, -0.1) is 0 Å². The molecule has 134 valence electrons. The van der Waals surface area contributed by atoms with Crippen LogP contribution in [0.25, 0.3) is 0 Å². The Morgan fingerprint density at radius 2 is 1.72 bits per heavy atom. The Kier molecular flexibility index (Phi) is 5.63. The van der Waals surface area contributed by atoms with E-state index >= 15 is 0 Å². The average molecular weight is 349 g/mol. The molecule has 5 heteroatoms. The zero-order valence-electron chi connectivity index (χ0n) is 13.9. The predicted molar refractivity (Wildman–Crippen MR) is 91.5 cm³/mol. The first-order valence-corrected chi connectivity index (χ1v) is 8.65. The van der Waals surface area contributed by atoms with Gasteiger partial charge in [0, 0.05) is 12.5 Å². The molecule has 1 saturated heterocycles. The molecule has 2 aromatic rings. The molecule has 2 aromatic carbocycles. The molecule has 1 heterocycles. The first-order valence-electron chi connectivity index (χ1n) is 8.65. The van der Waals surface area contributed by atoms with Gasteiger partial charge in [0.2, 0.25) is 0 Å². The van der Waals surface area contributed by atoms with Gasteiger partial charge in [-0.1, -0.05) is 48.9 Å². The summed E-state index contributed by atoms with van der Waals surface area (Å²) in [5.41, 5.74) is 0.166. The third kappa shape index (κ3) is 4.75. The maximum atomic E-state index is 13.3. The minimum absolute atomic E-state index is 0.111. The lowest BCUT2D eigenvalue weighted by atomic mass is 9.95. The molecule has 1 aliphatic rings. The molecule has 0 saturated carbocycles. The normalized spacial score (nSPS) is 19.4. The number of rotatable bonds is 5. The van der Waals surface area contributed by atoms with Gasteiger partial charge in [-0.2, -0.15) is 13.2 Å². The first-order chi connectivity index (χ1) is 12.0. The number of hydrogen-bond acceptors (Lipinski definition) is 2. The molecule has 2 nitrogen and oxygen atoms in total.